The molecule has 6 heteroatoms. The monoisotopic (exact) mass is 423 g/mol. The van der Waals surface area contributed by atoms with Gasteiger partial charge in [-0.25, -0.2) is 4.98 Å². The van der Waals surface area contributed by atoms with E-state index in [0.717, 1.165) is 12.1 Å². The van der Waals surface area contributed by atoms with Crippen molar-refractivity contribution in [3.05, 3.63) is 64.4 Å². The van der Waals surface area contributed by atoms with Crippen LogP contribution >= 0.6 is 11.8 Å². The second kappa shape index (κ2) is 9.47. The molecule has 0 saturated carbocycles. The van der Waals surface area contributed by atoms with Gasteiger partial charge in [0.1, 0.15) is 0 Å². The molecule has 1 amide bonds. The van der Waals surface area contributed by atoms with Crippen LogP contribution < -0.4 is 5.56 Å². The van der Waals surface area contributed by atoms with E-state index in [-0.39, 0.29) is 29.3 Å². The lowest BCUT2D eigenvalue weighted by atomic mass is 10.1. The van der Waals surface area contributed by atoms with E-state index in [2.05, 4.69) is 6.92 Å². The standard InChI is InChI=1S/C24H29N3O2S/c1-6-18-11-13-19(14-12-18)27-23(29)20-9-7-8-10-21(20)25-24(27)30-15-22(28)26(16(2)3)17(4)5/h7-14,16-17H,6,15H2,1-5H3. The Bertz CT molecular complexity index is 1080. The molecule has 2 aromatic carbocycles. The number of fused-ring (bicyclic) bond motifs is 1. The number of carbonyl (C=O) groups is 1. The third-order valence-electron chi connectivity index (χ3n) is 5.07. The smallest absolute Gasteiger partial charge is 0.266 e. The van der Waals surface area contributed by atoms with Gasteiger partial charge in [-0.15, -0.1) is 0 Å². The molecule has 0 saturated heterocycles. The van der Waals surface area contributed by atoms with Gasteiger partial charge >= 0.3 is 0 Å². The SMILES string of the molecule is CCc1ccc(-n2c(SCC(=O)N(C(C)C)C(C)C)nc3ccccc3c2=O)cc1. The second-order valence-corrected chi connectivity index (χ2v) is 8.79. The van der Waals surface area contributed by atoms with E-state index in [4.69, 9.17) is 4.98 Å². The first kappa shape index (κ1) is 22.1. The molecular formula is C24H29N3O2S. The number of thioether (sulfide) groups is 1. The van der Waals surface area contributed by atoms with E-state index in [1.807, 2.05) is 75.1 Å². The maximum atomic E-state index is 13.3. The molecule has 1 heterocycles. The van der Waals surface area contributed by atoms with Gasteiger partial charge in [-0.3, -0.25) is 14.2 Å². The van der Waals surface area contributed by atoms with E-state index < -0.39 is 0 Å². The summed E-state index contributed by atoms with van der Waals surface area (Å²) < 4.78 is 1.62. The largest absolute Gasteiger partial charge is 0.337 e. The van der Waals surface area contributed by atoms with Gasteiger partial charge < -0.3 is 4.90 Å². The fourth-order valence-corrected chi connectivity index (χ4v) is 4.57. The molecule has 3 aromatic rings. The zero-order valence-corrected chi connectivity index (χ0v) is 19.1. The number of hydrogen-bond donors (Lipinski definition) is 0. The average molecular weight is 424 g/mol. The first-order valence-electron chi connectivity index (χ1n) is 10.4. The highest BCUT2D eigenvalue weighted by Gasteiger charge is 2.21. The van der Waals surface area contributed by atoms with E-state index in [0.29, 0.717) is 16.1 Å². The molecular weight excluding hydrogens is 394 g/mol. The van der Waals surface area contributed by atoms with Crippen molar-refractivity contribution in [2.24, 2.45) is 0 Å². The van der Waals surface area contributed by atoms with Crippen LogP contribution in [0, 0.1) is 0 Å². The lowest BCUT2D eigenvalue weighted by molar-refractivity contribution is -0.131. The zero-order chi connectivity index (χ0) is 21.8. The van der Waals surface area contributed by atoms with Gasteiger partial charge in [0.15, 0.2) is 5.16 Å². The number of hydrogen-bond acceptors (Lipinski definition) is 4. The molecule has 0 aliphatic rings. The van der Waals surface area contributed by atoms with Crippen molar-refractivity contribution in [3.63, 3.8) is 0 Å². The Kier molecular flexibility index (Phi) is 6.98. The number of aromatic nitrogens is 2. The summed E-state index contributed by atoms with van der Waals surface area (Å²) in [6.07, 6.45) is 0.932. The number of carbonyl (C=O) groups excluding carboxylic acids is 1. The molecule has 158 valence electrons. The van der Waals surface area contributed by atoms with Gasteiger partial charge in [-0.2, -0.15) is 0 Å². The van der Waals surface area contributed by atoms with Crippen LogP contribution in [0.25, 0.3) is 16.6 Å². The Labute approximate surface area is 182 Å². The van der Waals surface area contributed by atoms with E-state index >= 15 is 0 Å². The van der Waals surface area contributed by atoms with Crippen LogP contribution in [0.5, 0.6) is 0 Å². The number of aryl methyl sites for hydroxylation is 1. The molecule has 0 radical (unpaired) electrons. The molecule has 0 N–H and O–H groups in total. The molecule has 0 unspecified atom stereocenters. The number of amides is 1. The fraction of sp³-hybridized carbons (Fsp3) is 0.375. The maximum absolute atomic E-state index is 13.3. The molecule has 0 fully saturated rings. The van der Waals surface area contributed by atoms with Crippen LogP contribution in [0.2, 0.25) is 0 Å². The van der Waals surface area contributed by atoms with Crippen LogP contribution in [-0.2, 0) is 11.2 Å². The first-order valence-corrected chi connectivity index (χ1v) is 11.4. The molecule has 3 rings (SSSR count). The normalized spacial score (nSPS) is 11.4. The van der Waals surface area contributed by atoms with E-state index in [1.54, 1.807) is 10.6 Å². The Balaban J connectivity index is 2.04. The van der Waals surface area contributed by atoms with E-state index in [9.17, 15) is 9.59 Å². The summed E-state index contributed by atoms with van der Waals surface area (Å²) in [6, 6.07) is 15.5. The summed E-state index contributed by atoms with van der Waals surface area (Å²) in [5.41, 5.74) is 2.48. The van der Waals surface area contributed by atoms with Crippen LogP contribution in [0.3, 0.4) is 0 Å². The van der Waals surface area contributed by atoms with Gasteiger partial charge in [0, 0.05) is 12.1 Å². The van der Waals surface area contributed by atoms with Crippen molar-refractivity contribution in [3.8, 4) is 5.69 Å². The number of benzene rings is 2. The summed E-state index contributed by atoms with van der Waals surface area (Å²) >= 11 is 1.31. The summed E-state index contributed by atoms with van der Waals surface area (Å²) in [6.45, 7) is 10.2. The van der Waals surface area contributed by atoms with Crippen LogP contribution in [0.4, 0.5) is 0 Å². The highest BCUT2D eigenvalue weighted by atomic mass is 32.2. The van der Waals surface area contributed by atoms with Gasteiger partial charge in [0.2, 0.25) is 5.91 Å². The van der Waals surface area contributed by atoms with Gasteiger partial charge in [-0.05, 0) is 63.9 Å². The molecule has 5 nitrogen and oxygen atoms in total. The van der Waals surface area contributed by atoms with Crippen LogP contribution in [0.15, 0.2) is 58.5 Å². The fourth-order valence-electron chi connectivity index (χ4n) is 3.69. The third kappa shape index (κ3) is 4.59. The molecule has 0 bridgehead atoms. The number of nitrogens with zero attached hydrogens (tertiary/aromatic N) is 3. The van der Waals surface area contributed by atoms with Gasteiger partial charge in [0.05, 0.1) is 22.3 Å². The van der Waals surface area contributed by atoms with Crippen molar-refractivity contribution < 1.29 is 4.79 Å². The number of rotatable bonds is 7. The predicted molar refractivity (Wildman–Crippen MR) is 125 cm³/mol. The van der Waals surface area contributed by atoms with Crippen molar-refractivity contribution in [2.75, 3.05) is 5.75 Å². The minimum absolute atomic E-state index is 0.0419. The summed E-state index contributed by atoms with van der Waals surface area (Å²) in [7, 11) is 0. The summed E-state index contributed by atoms with van der Waals surface area (Å²) in [5.74, 6) is 0.272. The molecule has 1 aromatic heterocycles. The van der Waals surface area contributed by atoms with Crippen molar-refractivity contribution in [1.82, 2.24) is 14.5 Å². The van der Waals surface area contributed by atoms with Crippen molar-refractivity contribution >= 4 is 28.6 Å². The predicted octanol–water partition coefficient (Wildman–Crippen LogP) is 4.69. The van der Waals surface area contributed by atoms with Crippen LogP contribution in [-0.4, -0.2) is 38.2 Å². The topological polar surface area (TPSA) is 55.2 Å². The lowest BCUT2D eigenvalue weighted by Crippen LogP contribution is -2.43. The number of para-hydroxylation sites is 1. The summed E-state index contributed by atoms with van der Waals surface area (Å²) in [5, 5.41) is 1.10. The zero-order valence-electron chi connectivity index (χ0n) is 18.3. The maximum Gasteiger partial charge on any atom is 0.266 e. The third-order valence-corrected chi connectivity index (χ3v) is 6.00. The Hall–Kier alpha value is -2.60. The lowest BCUT2D eigenvalue weighted by Gasteiger charge is -2.30. The molecule has 0 aliphatic heterocycles. The molecule has 0 spiro atoms. The molecule has 0 atom stereocenters. The minimum atomic E-state index is -0.121. The average Bonchev–Trinajstić information content (AvgIpc) is 2.72. The highest BCUT2D eigenvalue weighted by molar-refractivity contribution is 7.99. The van der Waals surface area contributed by atoms with Crippen molar-refractivity contribution in [2.45, 2.75) is 58.3 Å². The van der Waals surface area contributed by atoms with Gasteiger partial charge in [-0.1, -0.05) is 43.0 Å². The second-order valence-electron chi connectivity index (χ2n) is 7.85. The Morgan fingerprint density at radius 2 is 1.67 bits per heavy atom. The highest BCUT2D eigenvalue weighted by Crippen LogP contribution is 2.23. The van der Waals surface area contributed by atoms with Gasteiger partial charge in [0.25, 0.3) is 5.56 Å². The van der Waals surface area contributed by atoms with Crippen LogP contribution in [0.1, 0.15) is 40.2 Å². The molecule has 0 aliphatic carbocycles. The van der Waals surface area contributed by atoms with E-state index in [1.165, 1.54) is 17.3 Å². The summed E-state index contributed by atoms with van der Waals surface area (Å²) in [4.78, 5) is 32.8. The Morgan fingerprint density at radius 1 is 1.03 bits per heavy atom. The first-order chi connectivity index (χ1) is 14.3. The molecule has 30 heavy (non-hydrogen) atoms. The van der Waals surface area contributed by atoms with Crippen molar-refractivity contribution in [1.29, 1.82) is 0 Å². The Morgan fingerprint density at radius 3 is 2.27 bits per heavy atom. The quantitative estimate of drug-likeness (QED) is 0.409. The minimum Gasteiger partial charge on any atom is -0.337 e.